The zero-order chi connectivity index (χ0) is 19.2. The molecule has 142 valence electrons. The summed E-state index contributed by atoms with van der Waals surface area (Å²) >= 11 is 0. The van der Waals surface area contributed by atoms with Crippen molar-refractivity contribution in [2.24, 2.45) is 5.73 Å². The first-order chi connectivity index (χ1) is 12.9. The number of nitrogens with zero attached hydrogens (tertiary/aromatic N) is 2. The van der Waals surface area contributed by atoms with Gasteiger partial charge < -0.3 is 20.7 Å². The summed E-state index contributed by atoms with van der Waals surface area (Å²) in [5.41, 5.74) is 4.95. The number of carbonyl (C=O) groups excluding carboxylic acids is 4. The molecule has 1 aromatic rings. The van der Waals surface area contributed by atoms with Crippen LogP contribution in [0.15, 0.2) is 24.3 Å². The molecule has 2 aliphatic heterocycles. The van der Waals surface area contributed by atoms with Crippen LogP contribution in [0.1, 0.15) is 25.7 Å². The number of amides is 5. The van der Waals surface area contributed by atoms with Crippen LogP contribution in [-0.2, 0) is 14.4 Å². The van der Waals surface area contributed by atoms with E-state index in [0.29, 0.717) is 24.3 Å². The summed E-state index contributed by atoms with van der Waals surface area (Å²) in [6.45, 7) is -0.466. The van der Waals surface area contributed by atoms with Gasteiger partial charge in [-0.3, -0.25) is 19.3 Å². The van der Waals surface area contributed by atoms with Crippen molar-refractivity contribution < 1.29 is 23.9 Å². The molecular weight excluding hydrogens is 352 g/mol. The zero-order valence-corrected chi connectivity index (χ0v) is 14.6. The number of primary amides is 1. The number of nitrogens with two attached hydrogens (primary N) is 1. The van der Waals surface area contributed by atoms with Crippen LogP contribution < -0.4 is 20.7 Å². The van der Waals surface area contributed by atoms with Gasteiger partial charge in [-0.15, -0.1) is 0 Å². The quantitative estimate of drug-likeness (QED) is 0.731. The van der Waals surface area contributed by atoms with Crippen molar-refractivity contribution in [2.75, 3.05) is 18.0 Å². The Kier molecular flexibility index (Phi) is 4.01. The lowest BCUT2D eigenvalue weighted by Gasteiger charge is -2.34. The van der Waals surface area contributed by atoms with E-state index in [4.69, 9.17) is 10.5 Å². The molecule has 2 heterocycles. The lowest BCUT2D eigenvalue weighted by molar-refractivity contribution is -0.134. The van der Waals surface area contributed by atoms with Gasteiger partial charge in [0, 0.05) is 0 Å². The van der Waals surface area contributed by atoms with Crippen molar-refractivity contribution >= 4 is 29.4 Å². The minimum atomic E-state index is -0.992. The third-order valence-electron chi connectivity index (χ3n) is 5.39. The van der Waals surface area contributed by atoms with Gasteiger partial charge in [0.2, 0.25) is 5.91 Å². The largest absolute Gasteiger partial charge is 0.477 e. The third-order valence-corrected chi connectivity index (χ3v) is 5.39. The van der Waals surface area contributed by atoms with Crippen molar-refractivity contribution in [2.45, 2.75) is 37.3 Å². The predicted octanol–water partition coefficient (Wildman–Crippen LogP) is 0.130. The van der Waals surface area contributed by atoms with Gasteiger partial charge in [0.25, 0.3) is 11.8 Å². The van der Waals surface area contributed by atoms with E-state index in [-0.39, 0.29) is 12.5 Å². The molecule has 1 spiro atoms. The molecule has 9 nitrogen and oxygen atoms in total. The van der Waals surface area contributed by atoms with E-state index in [9.17, 15) is 19.2 Å². The summed E-state index contributed by atoms with van der Waals surface area (Å²) in [6.07, 6.45) is 1.92. The number of ether oxygens (including phenoxy) is 1. The van der Waals surface area contributed by atoms with Crippen LogP contribution in [0.4, 0.5) is 10.5 Å². The summed E-state index contributed by atoms with van der Waals surface area (Å²) < 4.78 is 5.53. The number of fused-ring (bicyclic) bond motifs is 1. The van der Waals surface area contributed by atoms with Gasteiger partial charge in [-0.2, -0.15) is 0 Å². The molecule has 9 heteroatoms. The van der Waals surface area contributed by atoms with Crippen LogP contribution >= 0.6 is 0 Å². The average molecular weight is 372 g/mol. The number of para-hydroxylation sites is 2. The van der Waals surface area contributed by atoms with Crippen molar-refractivity contribution in [3.8, 4) is 5.75 Å². The Bertz CT molecular complexity index is 833. The number of benzene rings is 1. The number of rotatable bonds is 3. The molecule has 3 N–H and O–H groups in total. The van der Waals surface area contributed by atoms with Crippen LogP contribution in [-0.4, -0.2) is 53.4 Å². The van der Waals surface area contributed by atoms with E-state index >= 15 is 0 Å². The highest BCUT2D eigenvalue weighted by Crippen LogP contribution is 2.36. The zero-order valence-electron chi connectivity index (χ0n) is 14.6. The molecule has 0 unspecified atom stereocenters. The van der Waals surface area contributed by atoms with Crippen LogP contribution in [0.2, 0.25) is 0 Å². The Morgan fingerprint density at radius 3 is 2.63 bits per heavy atom. The topological polar surface area (TPSA) is 122 Å². The molecule has 2 fully saturated rings. The summed E-state index contributed by atoms with van der Waals surface area (Å²) in [5.74, 6) is -1.17. The number of imide groups is 1. The van der Waals surface area contributed by atoms with Gasteiger partial charge in [-0.25, -0.2) is 4.79 Å². The SMILES string of the molecule is NC(=O)[C@H]1CN(C(=O)CN2C(=O)NC3(CCCC3)C2=O)c2ccccc2O1. The molecule has 27 heavy (non-hydrogen) atoms. The average Bonchev–Trinajstić information content (AvgIpc) is 3.21. The van der Waals surface area contributed by atoms with E-state index in [0.717, 1.165) is 17.7 Å². The second kappa shape index (κ2) is 6.26. The molecule has 0 radical (unpaired) electrons. The number of hydrogen-bond donors (Lipinski definition) is 2. The molecule has 0 aromatic heterocycles. The number of anilines is 1. The van der Waals surface area contributed by atoms with Gasteiger partial charge in [0.15, 0.2) is 6.10 Å². The smallest absolute Gasteiger partial charge is 0.325 e. The predicted molar refractivity (Wildman–Crippen MR) is 93.8 cm³/mol. The van der Waals surface area contributed by atoms with Gasteiger partial charge in [0.1, 0.15) is 17.8 Å². The fraction of sp³-hybridized carbons (Fsp3) is 0.444. The molecule has 5 amide bonds. The van der Waals surface area contributed by atoms with Crippen LogP contribution in [0.3, 0.4) is 0 Å². The highest BCUT2D eigenvalue weighted by molar-refractivity contribution is 6.11. The molecule has 4 rings (SSSR count). The van der Waals surface area contributed by atoms with Gasteiger partial charge in [-0.1, -0.05) is 25.0 Å². The maximum atomic E-state index is 12.9. The minimum absolute atomic E-state index is 0.0695. The molecule has 0 bridgehead atoms. The minimum Gasteiger partial charge on any atom is -0.477 e. The van der Waals surface area contributed by atoms with E-state index in [1.54, 1.807) is 24.3 Å². The first kappa shape index (κ1) is 17.3. The Morgan fingerprint density at radius 2 is 1.93 bits per heavy atom. The molecule has 1 aliphatic carbocycles. The van der Waals surface area contributed by atoms with Crippen LogP contribution in [0, 0.1) is 0 Å². The molecule has 1 saturated heterocycles. The van der Waals surface area contributed by atoms with E-state index in [2.05, 4.69) is 5.32 Å². The van der Waals surface area contributed by atoms with E-state index in [1.807, 2.05) is 0 Å². The summed E-state index contributed by atoms with van der Waals surface area (Å²) in [6, 6.07) is 6.20. The second-order valence-corrected chi connectivity index (χ2v) is 7.09. The Balaban J connectivity index is 1.57. The van der Waals surface area contributed by atoms with Crippen molar-refractivity contribution in [1.29, 1.82) is 0 Å². The van der Waals surface area contributed by atoms with Crippen LogP contribution in [0.5, 0.6) is 5.75 Å². The molecular formula is C18H20N4O5. The van der Waals surface area contributed by atoms with Crippen molar-refractivity contribution in [3.05, 3.63) is 24.3 Å². The Morgan fingerprint density at radius 1 is 1.22 bits per heavy atom. The maximum absolute atomic E-state index is 12.9. The van der Waals surface area contributed by atoms with Gasteiger partial charge in [-0.05, 0) is 25.0 Å². The first-order valence-corrected chi connectivity index (χ1v) is 8.91. The van der Waals surface area contributed by atoms with Crippen LogP contribution in [0.25, 0.3) is 0 Å². The lowest BCUT2D eigenvalue weighted by atomic mass is 9.98. The highest BCUT2D eigenvalue weighted by atomic mass is 16.5. The molecule has 1 aromatic carbocycles. The first-order valence-electron chi connectivity index (χ1n) is 8.91. The molecule has 1 saturated carbocycles. The fourth-order valence-electron chi connectivity index (χ4n) is 3.98. The maximum Gasteiger partial charge on any atom is 0.325 e. The van der Waals surface area contributed by atoms with Gasteiger partial charge in [0.05, 0.1) is 12.2 Å². The number of nitrogens with one attached hydrogen (secondary N) is 1. The standard InChI is InChI=1S/C18H20N4O5/c19-15(24)13-9-21(11-5-1-2-6-12(11)27-13)14(23)10-22-16(25)18(20-17(22)26)7-3-4-8-18/h1-2,5-6,13H,3-4,7-10H2,(H2,19,24)(H,20,26)/t13-/m1/s1. The fourth-order valence-corrected chi connectivity index (χ4v) is 3.98. The number of hydrogen-bond acceptors (Lipinski definition) is 5. The monoisotopic (exact) mass is 372 g/mol. The third kappa shape index (κ3) is 2.79. The molecule has 1 atom stereocenters. The lowest BCUT2D eigenvalue weighted by Crippen LogP contribution is -2.52. The van der Waals surface area contributed by atoms with E-state index < -0.39 is 36.0 Å². The number of carbonyl (C=O) groups is 4. The van der Waals surface area contributed by atoms with Crippen molar-refractivity contribution in [3.63, 3.8) is 0 Å². The van der Waals surface area contributed by atoms with Crippen molar-refractivity contribution in [1.82, 2.24) is 10.2 Å². The Hall–Kier alpha value is -3.10. The Labute approximate surface area is 155 Å². The molecule has 3 aliphatic rings. The van der Waals surface area contributed by atoms with Gasteiger partial charge >= 0.3 is 6.03 Å². The highest BCUT2D eigenvalue weighted by Gasteiger charge is 2.53. The number of urea groups is 1. The summed E-state index contributed by atoms with van der Waals surface area (Å²) in [7, 11) is 0. The summed E-state index contributed by atoms with van der Waals surface area (Å²) in [5, 5.41) is 2.75. The summed E-state index contributed by atoms with van der Waals surface area (Å²) in [4.78, 5) is 51.9. The van der Waals surface area contributed by atoms with E-state index in [1.165, 1.54) is 4.90 Å². The second-order valence-electron chi connectivity index (χ2n) is 7.09. The normalized spacial score (nSPS) is 23.2.